The van der Waals surface area contributed by atoms with Crippen molar-refractivity contribution in [2.24, 2.45) is 0 Å². The highest BCUT2D eigenvalue weighted by Gasteiger charge is 2.53. The number of nitrogens with zero attached hydrogens (tertiary/aromatic N) is 1. The van der Waals surface area contributed by atoms with E-state index in [0.717, 1.165) is 29.8 Å². The molecule has 1 aromatic rings. The first-order valence-electron chi connectivity index (χ1n) is 7.71. The summed E-state index contributed by atoms with van der Waals surface area (Å²) >= 11 is 0. The third-order valence-corrected chi connectivity index (χ3v) is 5.26. The predicted molar refractivity (Wildman–Crippen MR) is 81.5 cm³/mol. The molecule has 0 saturated heterocycles. The van der Waals surface area contributed by atoms with Crippen molar-refractivity contribution in [2.75, 3.05) is 20.7 Å². The molecule has 0 aromatic heterocycles. The molecule has 22 heavy (non-hydrogen) atoms. The van der Waals surface area contributed by atoms with E-state index in [4.69, 9.17) is 9.47 Å². The van der Waals surface area contributed by atoms with Crippen molar-refractivity contribution < 1.29 is 19.7 Å². The Kier molecular flexibility index (Phi) is 2.93. The number of benzene rings is 1. The second kappa shape index (κ2) is 4.64. The van der Waals surface area contributed by atoms with Gasteiger partial charge in [0.25, 0.3) is 0 Å². The predicted octanol–water partition coefficient (Wildman–Crippen LogP) is 1.56. The Labute approximate surface area is 129 Å². The maximum absolute atomic E-state index is 10.5. The first kappa shape index (κ1) is 13.9. The van der Waals surface area contributed by atoms with Crippen LogP contribution in [0.5, 0.6) is 17.2 Å². The minimum absolute atomic E-state index is 0.108. The van der Waals surface area contributed by atoms with Gasteiger partial charge in [-0.25, -0.2) is 0 Å². The summed E-state index contributed by atoms with van der Waals surface area (Å²) in [7, 11) is 3.65. The number of aliphatic hydroxyl groups is 1. The van der Waals surface area contributed by atoms with E-state index in [9.17, 15) is 10.2 Å². The molecule has 2 aliphatic heterocycles. The van der Waals surface area contributed by atoms with Gasteiger partial charge in [-0.3, -0.25) is 0 Å². The van der Waals surface area contributed by atoms with Crippen LogP contribution in [0.3, 0.4) is 0 Å². The van der Waals surface area contributed by atoms with Gasteiger partial charge in [0.1, 0.15) is 11.9 Å². The number of ether oxygens (including phenoxy) is 2. The molecule has 118 valence electrons. The summed E-state index contributed by atoms with van der Waals surface area (Å²) in [5.41, 5.74) is 1.68. The summed E-state index contributed by atoms with van der Waals surface area (Å²) in [4.78, 5) is 2.21. The summed E-state index contributed by atoms with van der Waals surface area (Å²) in [6.07, 6.45) is 4.83. The molecule has 0 bridgehead atoms. The van der Waals surface area contributed by atoms with E-state index >= 15 is 0 Å². The molecular formula is C17H21NO4. The fourth-order valence-corrected chi connectivity index (χ4v) is 4.12. The SMILES string of the molecule is COc1cc(O)c2c3c1O[C@H]1C[C@@H](O)C=C[C@@]31CCN(C)C2. The number of aromatic hydroxyl groups is 1. The highest BCUT2D eigenvalue weighted by molar-refractivity contribution is 5.64. The topological polar surface area (TPSA) is 62.2 Å². The largest absolute Gasteiger partial charge is 0.507 e. The van der Waals surface area contributed by atoms with Crippen LogP contribution >= 0.6 is 0 Å². The van der Waals surface area contributed by atoms with Crippen molar-refractivity contribution in [3.63, 3.8) is 0 Å². The third kappa shape index (κ3) is 1.72. The molecule has 0 radical (unpaired) electrons. The Balaban J connectivity index is 2.00. The van der Waals surface area contributed by atoms with Crippen LogP contribution in [0.2, 0.25) is 0 Å². The molecule has 0 amide bonds. The molecule has 2 N–H and O–H groups in total. The van der Waals surface area contributed by atoms with E-state index in [1.54, 1.807) is 13.2 Å². The minimum atomic E-state index is -0.478. The van der Waals surface area contributed by atoms with Crippen LogP contribution in [0.15, 0.2) is 18.2 Å². The Morgan fingerprint density at radius 1 is 1.45 bits per heavy atom. The first-order valence-corrected chi connectivity index (χ1v) is 7.71. The Morgan fingerprint density at radius 3 is 3.05 bits per heavy atom. The smallest absolute Gasteiger partial charge is 0.166 e. The van der Waals surface area contributed by atoms with Gasteiger partial charge >= 0.3 is 0 Å². The number of phenolic OH excluding ortho intramolecular Hbond substituents is 1. The van der Waals surface area contributed by atoms with E-state index in [1.807, 2.05) is 6.08 Å². The molecule has 0 unspecified atom stereocenters. The quantitative estimate of drug-likeness (QED) is 0.771. The maximum Gasteiger partial charge on any atom is 0.166 e. The van der Waals surface area contributed by atoms with E-state index < -0.39 is 6.10 Å². The summed E-state index contributed by atoms with van der Waals surface area (Å²) in [6, 6.07) is 1.64. The second-order valence-electron chi connectivity index (χ2n) is 6.58. The summed E-state index contributed by atoms with van der Waals surface area (Å²) in [5, 5.41) is 20.5. The van der Waals surface area contributed by atoms with Crippen molar-refractivity contribution in [3.05, 3.63) is 29.3 Å². The van der Waals surface area contributed by atoms with Crippen LogP contribution in [0.1, 0.15) is 24.0 Å². The van der Waals surface area contributed by atoms with Crippen molar-refractivity contribution in [1.82, 2.24) is 4.90 Å². The normalized spacial score (nSPS) is 32.9. The fourth-order valence-electron chi connectivity index (χ4n) is 4.12. The van der Waals surface area contributed by atoms with E-state index in [0.29, 0.717) is 18.7 Å². The van der Waals surface area contributed by atoms with Crippen LogP contribution < -0.4 is 9.47 Å². The zero-order valence-electron chi connectivity index (χ0n) is 12.9. The summed E-state index contributed by atoms with van der Waals surface area (Å²) in [5.74, 6) is 1.55. The lowest BCUT2D eigenvalue weighted by atomic mass is 9.69. The lowest BCUT2D eigenvalue weighted by Gasteiger charge is -2.35. The van der Waals surface area contributed by atoms with Gasteiger partial charge < -0.3 is 24.6 Å². The zero-order valence-corrected chi connectivity index (χ0v) is 12.9. The van der Waals surface area contributed by atoms with Crippen LogP contribution in [0, 0.1) is 0 Å². The van der Waals surface area contributed by atoms with Gasteiger partial charge in [-0.05, 0) is 20.0 Å². The summed E-state index contributed by atoms with van der Waals surface area (Å²) in [6.45, 7) is 1.60. The molecule has 5 heteroatoms. The van der Waals surface area contributed by atoms with Gasteiger partial charge in [-0.2, -0.15) is 0 Å². The molecular weight excluding hydrogens is 282 g/mol. The molecule has 1 aliphatic carbocycles. The second-order valence-corrected chi connectivity index (χ2v) is 6.58. The molecule has 0 saturated carbocycles. The van der Waals surface area contributed by atoms with Gasteiger partial charge in [0.15, 0.2) is 11.5 Å². The number of aliphatic hydroxyl groups excluding tert-OH is 1. The van der Waals surface area contributed by atoms with E-state index in [2.05, 4.69) is 18.0 Å². The molecule has 2 heterocycles. The summed E-state index contributed by atoms with van der Waals surface area (Å²) < 4.78 is 11.6. The van der Waals surface area contributed by atoms with Crippen LogP contribution in [0.25, 0.3) is 0 Å². The molecule has 3 aliphatic rings. The Hall–Kier alpha value is -1.72. The molecule has 1 spiro atoms. The Bertz CT molecular complexity index is 657. The highest BCUT2D eigenvalue weighted by Crippen LogP contribution is 2.57. The number of hydrogen-bond donors (Lipinski definition) is 2. The van der Waals surface area contributed by atoms with Crippen molar-refractivity contribution in [2.45, 2.75) is 37.0 Å². The maximum atomic E-state index is 10.5. The standard InChI is InChI=1S/C17H21NO4/c1-18-6-5-17-4-3-10(19)7-14(17)22-16-13(21-2)8-12(20)11(9-18)15(16)17/h3-4,8,10,14,19-20H,5-7,9H2,1-2H3/t10-,14-,17-/m0/s1. The van der Waals surface area contributed by atoms with Gasteiger partial charge in [0.2, 0.25) is 0 Å². The molecule has 4 rings (SSSR count). The minimum Gasteiger partial charge on any atom is -0.507 e. The average Bonchev–Trinajstić information content (AvgIpc) is 2.74. The zero-order chi connectivity index (χ0) is 15.5. The van der Waals surface area contributed by atoms with Crippen LogP contribution in [-0.4, -0.2) is 48.0 Å². The molecule has 3 atom stereocenters. The third-order valence-electron chi connectivity index (χ3n) is 5.26. The molecule has 0 fully saturated rings. The fraction of sp³-hybridized carbons (Fsp3) is 0.529. The molecule has 1 aromatic carbocycles. The monoisotopic (exact) mass is 303 g/mol. The number of hydrogen-bond acceptors (Lipinski definition) is 5. The lowest BCUT2D eigenvalue weighted by molar-refractivity contribution is 0.0821. The van der Waals surface area contributed by atoms with Crippen LogP contribution in [0.4, 0.5) is 0 Å². The average molecular weight is 303 g/mol. The van der Waals surface area contributed by atoms with Crippen molar-refractivity contribution in [1.29, 1.82) is 0 Å². The first-order chi connectivity index (χ1) is 10.5. The van der Waals surface area contributed by atoms with Gasteiger partial charge in [-0.1, -0.05) is 12.2 Å². The van der Waals surface area contributed by atoms with Crippen molar-refractivity contribution in [3.8, 4) is 17.2 Å². The van der Waals surface area contributed by atoms with Gasteiger partial charge in [0, 0.05) is 30.2 Å². The van der Waals surface area contributed by atoms with E-state index in [-0.39, 0.29) is 17.3 Å². The Morgan fingerprint density at radius 2 is 2.27 bits per heavy atom. The number of methoxy groups -OCH3 is 1. The van der Waals surface area contributed by atoms with E-state index in [1.165, 1.54) is 0 Å². The number of rotatable bonds is 1. The van der Waals surface area contributed by atoms with Gasteiger partial charge in [-0.15, -0.1) is 0 Å². The van der Waals surface area contributed by atoms with Crippen LogP contribution in [-0.2, 0) is 12.0 Å². The van der Waals surface area contributed by atoms with Crippen molar-refractivity contribution >= 4 is 0 Å². The molecule has 5 nitrogen and oxygen atoms in total. The highest BCUT2D eigenvalue weighted by atomic mass is 16.5. The lowest BCUT2D eigenvalue weighted by Crippen LogP contribution is -2.42. The number of phenols is 1. The van der Waals surface area contributed by atoms with Gasteiger partial charge in [0.05, 0.1) is 18.6 Å².